The van der Waals surface area contributed by atoms with Crippen LogP contribution in [0.5, 0.6) is 0 Å². The highest BCUT2D eigenvalue weighted by Crippen LogP contribution is 2.21. The summed E-state index contributed by atoms with van der Waals surface area (Å²) in [5, 5.41) is 8.77. The molecule has 12 heavy (non-hydrogen) atoms. The van der Waals surface area contributed by atoms with E-state index in [1.807, 2.05) is 29.0 Å². The van der Waals surface area contributed by atoms with Gasteiger partial charge in [0.2, 0.25) is 0 Å². The number of anilines is 1. The van der Waals surface area contributed by atoms with E-state index in [0.29, 0.717) is 5.56 Å². The summed E-state index contributed by atoms with van der Waals surface area (Å²) in [6.45, 7) is 2.85. The van der Waals surface area contributed by atoms with Crippen molar-refractivity contribution >= 4 is 21.8 Å². The maximum absolute atomic E-state index is 8.77. The van der Waals surface area contributed by atoms with Gasteiger partial charge in [-0.05, 0) is 19.1 Å². The molecule has 1 aromatic rings. The lowest BCUT2D eigenvalue weighted by atomic mass is 10.2. The summed E-state index contributed by atoms with van der Waals surface area (Å²) in [6.07, 6.45) is 0. The molecule has 0 saturated heterocycles. The molecule has 0 spiro atoms. The minimum atomic E-state index is 0.691. The number of benzene rings is 1. The second-order valence-corrected chi connectivity index (χ2v) is 3.16. The maximum Gasteiger partial charge on any atom is 0.101 e. The summed E-state index contributed by atoms with van der Waals surface area (Å²) in [6, 6.07) is 9.63. The SMILES string of the molecule is CCN(Br)c1ccccc1C#N. The van der Waals surface area contributed by atoms with E-state index in [0.717, 1.165) is 12.2 Å². The zero-order valence-corrected chi connectivity index (χ0v) is 8.37. The fraction of sp³-hybridized carbons (Fsp3) is 0.222. The lowest BCUT2D eigenvalue weighted by Gasteiger charge is -2.14. The molecule has 3 heteroatoms. The molecule has 0 atom stereocenters. The first kappa shape index (κ1) is 9.08. The van der Waals surface area contributed by atoms with Gasteiger partial charge in [-0.2, -0.15) is 5.26 Å². The molecular formula is C9H9BrN2. The van der Waals surface area contributed by atoms with Gasteiger partial charge in [0.25, 0.3) is 0 Å². The first-order valence-corrected chi connectivity index (χ1v) is 4.43. The quantitative estimate of drug-likeness (QED) is 0.723. The van der Waals surface area contributed by atoms with Gasteiger partial charge in [0.1, 0.15) is 6.07 Å². The Morgan fingerprint density at radius 3 is 2.75 bits per heavy atom. The average molecular weight is 225 g/mol. The van der Waals surface area contributed by atoms with Crippen LogP contribution >= 0.6 is 16.1 Å². The van der Waals surface area contributed by atoms with Crippen LogP contribution in [0, 0.1) is 11.3 Å². The predicted molar refractivity (Wildman–Crippen MR) is 53.1 cm³/mol. The predicted octanol–water partition coefficient (Wildman–Crippen LogP) is 2.69. The Kier molecular flexibility index (Phi) is 3.12. The third-order valence-corrected chi connectivity index (χ3v) is 2.45. The highest BCUT2D eigenvalue weighted by atomic mass is 79.9. The first-order chi connectivity index (χ1) is 5.79. The molecule has 2 nitrogen and oxygen atoms in total. The Balaban J connectivity index is 3.07. The molecule has 0 radical (unpaired) electrons. The van der Waals surface area contributed by atoms with Gasteiger partial charge < -0.3 is 3.93 Å². The van der Waals surface area contributed by atoms with Gasteiger partial charge in [-0.25, -0.2) is 0 Å². The Morgan fingerprint density at radius 2 is 2.17 bits per heavy atom. The zero-order chi connectivity index (χ0) is 8.97. The van der Waals surface area contributed by atoms with Crippen LogP contribution in [0.4, 0.5) is 5.69 Å². The first-order valence-electron chi connectivity index (χ1n) is 3.72. The lowest BCUT2D eigenvalue weighted by Crippen LogP contribution is -2.08. The fourth-order valence-electron chi connectivity index (χ4n) is 0.950. The van der Waals surface area contributed by atoms with Gasteiger partial charge in [-0.1, -0.05) is 12.1 Å². The molecule has 0 heterocycles. The smallest absolute Gasteiger partial charge is 0.101 e. The van der Waals surface area contributed by atoms with Crippen molar-refractivity contribution in [2.45, 2.75) is 6.92 Å². The number of hydrogen-bond acceptors (Lipinski definition) is 2. The molecule has 62 valence electrons. The number of rotatable bonds is 2. The van der Waals surface area contributed by atoms with E-state index in [9.17, 15) is 0 Å². The summed E-state index contributed by atoms with van der Waals surface area (Å²) in [5.74, 6) is 0. The van der Waals surface area contributed by atoms with Gasteiger partial charge in [-0.15, -0.1) is 0 Å². The van der Waals surface area contributed by atoms with E-state index in [1.165, 1.54) is 0 Å². The van der Waals surface area contributed by atoms with Crippen LogP contribution in [0.15, 0.2) is 24.3 Å². The largest absolute Gasteiger partial charge is 0.308 e. The number of para-hydroxylation sites is 1. The van der Waals surface area contributed by atoms with Gasteiger partial charge in [0.05, 0.1) is 11.3 Å². The van der Waals surface area contributed by atoms with Gasteiger partial charge in [0.15, 0.2) is 0 Å². The van der Waals surface area contributed by atoms with Gasteiger partial charge in [-0.3, -0.25) is 0 Å². The molecule has 0 unspecified atom stereocenters. The molecule has 0 N–H and O–H groups in total. The minimum absolute atomic E-state index is 0.691. The van der Waals surface area contributed by atoms with Crippen molar-refractivity contribution < 1.29 is 0 Å². The van der Waals surface area contributed by atoms with E-state index in [4.69, 9.17) is 5.26 Å². The van der Waals surface area contributed by atoms with Crippen LogP contribution in [0.1, 0.15) is 12.5 Å². The monoisotopic (exact) mass is 224 g/mol. The highest BCUT2D eigenvalue weighted by molar-refractivity contribution is 9.10. The Morgan fingerprint density at radius 1 is 1.50 bits per heavy atom. The van der Waals surface area contributed by atoms with Crippen molar-refractivity contribution in [1.29, 1.82) is 5.26 Å². The number of halogens is 1. The number of nitriles is 1. The van der Waals surface area contributed by atoms with Gasteiger partial charge in [0, 0.05) is 22.7 Å². The Labute approximate surface area is 80.8 Å². The van der Waals surface area contributed by atoms with Crippen LogP contribution in [0.25, 0.3) is 0 Å². The lowest BCUT2D eigenvalue weighted by molar-refractivity contribution is 1.12. The summed E-state index contributed by atoms with van der Waals surface area (Å²) in [5.41, 5.74) is 1.61. The van der Waals surface area contributed by atoms with Crippen LogP contribution in [0.2, 0.25) is 0 Å². The Bertz CT molecular complexity index is 304. The van der Waals surface area contributed by atoms with E-state index in [2.05, 4.69) is 22.2 Å². The summed E-state index contributed by atoms with van der Waals surface area (Å²) in [7, 11) is 0. The summed E-state index contributed by atoms with van der Waals surface area (Å²) < 4.78 is 1.87. The minimum Gasteiger partial charge on any atom is -0.308 e. The van der Waals surface area contributed by atoms with E-state index < -0.39 is 0 Å². The molecule has 0 aliphatic carbocycles. The molecule has 1 rings (SSSR count). The molecule has 0 amide bonds. The summed E-state index contributed by atoms with van der Waals surface area (Å²) >= 11 is 3.36. The number of hydrogen-bond donors (Lipinski definition) is 0. The molecule has 0 bridgehead atoms. The van der Waals surface area contributed by atoms with E-state index in [-0.39, 0.29) is 0 Å². The molecule has 0 fully saturated rings. The fourth-order valence-corrected chi connectivity index (χ4v) is 1.26. The number of nitrogens with zero attached hydrogens (tertiary/aromatic N) is 2. The second-order valence-electron chi connectivity index (χ2n) is 2.31. The molecule has 0 aliphatic heterocycles. The molecule has 0 aliphatic rings. The van der Waals surface area contributed by atoms with E-state index in [1.54, 1.807) is 6.07 Å². The second kappa shape index (κ2) is 4.13. The van der Waals surface area contributed by atoms with Crippen molar-refractivity contribution in [1.82, 2.24) is 0 Å². The van der Waals surface area contributed by atoms with E-state index >= 15 is 0 Å². The Hall–Kier alpha value is -1.01. The van der Waals surface area contributed by atoms with Crippen molar-refractivity contribution in [3.8, 4) is 6.07 Å². The summed E-state index contributed by atoms with van der Waals surface area (Å²) in [4.78, 5) is 0. The third-order valence-electron chi connectivity index (χ3n) is 1.56. The standard InChI is InChI=1S/C9H9BrN2/c1-2-12(10)9-6-4-3-5-8(9)7-11/h3-6H,2H2,1H3. The molecular weight excluding hydrogens is 216 g/mol. The zero-order valence-electron chi connectivity index (χ0n) is 6.79. The van der Waals surface area contributed by atoms with Crippen LogP contribution in [0.3, 0.4) is 0 Å². The molecule has 0 saturated carbocycles. The highest BCUT2D eigenvalue weighted by Gasteiger charge is 2.04. The maximum atomic E-state index is 8.77. The topological polar surface area (TPSA) is 27.0 Å². The van der Waals surface area contributed by atoms with Crippen LogP contribution in [-0.4, -0.2) is 6.54 Å². The van der Waals surface area contributed by atoms with Crippen molar-refractivity contribution in [3.05, 3.63) is 29.8 Å². The average Bonchev–Trinajstić information content (AvgIpc) is 2.16. The third kappa shape index (κ3) is 1.77. The molecule has 0 aromatic heterocycles. The normalized spacial score (nSPS) is 9.08. The van der Waals surface area contributed by atoms with Crippen LogP contribution < -0.4 is 3.93 Å². The van der Waals surface area contributed by atoms with Crippen molar-refractivity contribution in [3.63, 3.8) is 0 Å². The molecule has 1 aromatic carbocycles. The van der Waals surface area contributed by atoms with Crippen molar-refractivity contribution in [2.75, 3.05) is 10.5 Å². The van der Waals surface area contributed by atoms with Crippen molar-refractivity contribution in [2.24, 2.45) is 0 Å². The van der Waals surface area contributed by atoms with Crippen LogP contribution in [-0.2, 0) is 0 Å². The van der Waals surface area contributed by atoms with Gasteiger partial charge >= 0.3 is 0 Å².